The highest BCUT2D eigenvalue weighted by molar-refractivity contribution is 5.78. The number of nitrogens with zero attached hydrogens (tertiary/aromatic N) is 2. The Hall–Kier alpha value is -3.34. The Balaban J connectivity index is 1.49. The van der Waals surface area contributed by atoms with Gasteiger partial charge in [-0.15, -0.1) is 0 Å². The summed E-state index contributed by atoms with van der Waals surface area (Å²) in [6, 6.07) is 19.3. The smallest absolute Gasteiger partial charge is 0.205 e. The van der Waals surface area contributed by atoms with Crippen LogP contribution in [-0.2, 0) is 0 Å². The lowest BCUT2D eigenvalue weighted by Crippen LogP contribution is -1.92. The van der Waals surface area contributed by atoms with Gasteiger partial charge in [-0.05, 0) is 48.5 Å². The standard InChI is InChI=1S/C18H14N4O/c1-2-4-17-16(3-1)21-18(22-17)20-13-5-7-14(8-6-13)23-15-9-11-19-12-10-15/h1-12H,(H2,20,21,22). The Morgan fingerprint density at radius 1 is 0.826 bits per heavy atom. The first kappa shape index (κ1) is 13.3. The van der Waals surface area contributed by atoms with Gasteiger partial charge in [-0.2, -0.15) is 0 Å². The van der Waals surface area contributed by atoms with Crippen molar-refractivity contribution < 1.29 is 4.74 Å². The van der Waals surface area contributed by atoms with Crippen molar-refractivity contribution in [2.75, 3.05) is 5.32 Å². The number of para-hydroxylation sites is 2. The van der Waals surface area contributed by atoms with E-state index in [1.54, 1.807) is 12.4 Å². The van der Waals surface area contributed by atoms with Gasteiger partial charge in [0.2, 0.25) is 5.95 Å². The molecule has 2 heterocycles. The molecule has 23 heavy (non-hydrogen) atoms. The highest BCUT2D eigenvalue weighted by Gasteiger charge is 2.03. The number of pyridine rings is 1. The van der Waals surface area contributed by atoms with E-state index < -0.39 is 0 Å². The van der Waals surface area contributed by atoms with Crippen LogP contribution in [0.4, 0.5) is 11.6 Å². The molecule has 2 N–H and O–H groups in total. The average Bonchev–Trinajstić information content (AvgIpc) is 3.00. The Morgan fingerprint density at radius 2 is 1.57 bits per heavy atom. The first-order valence-electron chi connectivity index (χ1n) is 7.26. The Labute approximate surface area is 133 Å². The molecule has 0 saturated heterocycles. The number of imidazole rings is 1. The molecule has 0 radical (unpaired) electrons. The maximum Gasteiger partial charge on any atom is 0.205 e. The van der Waals surface area contributed by atoms with E-state index in [0.717, 1.165) is 28.2 Å². The van der Waals surface area contributed by atoms with Crippen LogP contribution in [0.3, 0.4) is 0 Å². The third-order valence-corrected chi connectivity index (χ3v) is 3.39. The molecule has 0 amide bonds. The summed E-state index contributed by atoms with van der Waals surface area (Å²) in [5.41, 5.74) is 2.88. The third kappa shape index (κ3) is 2.98. The van der Waals surface area contributed by atoms with Gasteiger partial charge >= 0.3 is 0 Å². The number of fused-ring (bicyclic) bond motifs is 1. The number of H-pyrrole nitrogens is 1. The predicted octanol–water partition coefficient (Wildman–Crippen LogP) is 4.49. The molecule has 2 aromatic heterocycles. The van der Waals surface area contributed by atoms with Gasteiger partial charge in [0.1, 0.15) is 11.5 Å². The lowest BCUT2D eigenvalue weighted by Gasteiger charge is -2.07. The van der Waals surface area contributed by atoms with Gasteiger partial charge in [0.25, 0.3) is 0 Å². The van der Waals surface area contributed by atoms with E-state index in [0.29, 0.717) is 5.95 Å². The molecule has 4 aromatic rings. The molecule has 0 bridgehead atoms. The molecule has 0 aliphatic rings. The van der Waals surface area contributed by atoms with Crippen LogP contribution in [0.15, 0.2) is 73.1 Å². The zero-order valence-corrected chi connectivity index (χ0v) is 12.2. The number of hydrogen-bond acceptors (Lipinski definition) is 4. The number of aromatic nitrogens is 3. The second-order valence-electron chi connectivity index (χ2n) is 5.04. The van der Waals surface area contributed by atoms with Gasteiger partial charge in [-0.1, -0.05) is 12.1 Å². The van der Waals surface area contributed by atoms with Crippen molar-refractivity contribution in [1.82, 2.24) is 15.0 Å². The van der Waals surface area contributed by atoms with Gasteiger partial charge in [0, 0.05) is 18.1 Å². The number of benzene rings is 2. The van der Waals surface area contributed by atoms with E-state index in [2.05, 4.69) is 20.3 Å². The molecule has 0 unspecified atom stereocenters. The molecule has 0 spiro atoms. The summed E-state index contributed by atoms with van der Waals surface area (Å²) < 4.78 is 5.74. The minimum Gasteiger partial charge on any atom is -0.457 e. The Bertz CT molecular complexity index is 884. The molecular weight excluding hydrogens is 288 g/mol. The van der Waals surface area contributed by atoms with E-state index in [1.165, 1.54) is 0 Å². The number of hydrogen-bond donors (Lipinski definition) is 2. The van der Waals surface area contributed by atoms with Crippen LogP contribution >= 0.6 is 0 Å². The summed E-state index contributed by atoms with van der Waals surface area (Å²) >= 11 is 0. The molecule has 0 aliphatic heterocycles. The van der Waals surface area contributed by atoms with Crippen LogP contribution in [0.25, 0.3) is 11.0 Å². The first-order valence-corrected chi connectivity index (χ1v) is 7.26. The van der Waals surface area contributed by atoms with Gasteiger partial charge in [-0.3, -0.25) is 4.98 Å². The number of rotatable bonds is 4. The minimum absolute atomic E-state index is 0.717. The lowest BCUT2D eigenvalue weighted by atomic mass is 10.3. The van der Waals surface area contributed by atoms with Gasteiger partial charge in [0.15, 0.2) is 0 Å². The molecule has 0 fully saturated rings. The fraction of sp³-hybridized carbons (Fsp3) is 0. The van der Waals surface area contributed by atoms with Crippen LogP contribution in [0.5, 0.6) is 11.5 Å². The van der Waals surface area contributed by atoms with Crippen LogP contribution in [0, 0.1) is 0 Å². The van der Waals surface area contributed by atoms with Gasteiger partial charge in [0.05, 0.1) is 11.0 Å². The molecule has 0 saturated carbocycles. The van der Waals surface area contributed by atoms with E-state index in [4.69, 9.17) is 4.74 Å². The molecule has 5 heteroatoms. The van der Waals surface area contributed by atoms with Crippen LogP contribution in [0.2, 0.25) is 0 Å². The fourth-order valence-electron chi connectivity index (χ4n) is 2.30. The molecular formula is C18H14N4O. The van der Waals surface area contributed by atoms with Crippen molar-refractivity contribution in [3.63, 3.8) is 0 Å². The summed E-state index contributed by atoms with van der Waals surface area (Å²) in [4.78, 5) is 11.7. The quantitative estimate of drug-likeness (QED) is 0.583. The van der Waals surface area contributed by atoms with Crippen LogP contribution < -0.4 is 10.1 Å². The number of anilines is 2. The lowest BCUT2D eigenvalue weighted by molar-refractivity contribution is 0.482. The summed E-state index contributed by atoms with van der Waals surface area (Å²) in [6.07, 6.45) is 3.40. The highest BCUT2D eigenvalue weighted by Crippen LogP contribution is 2.24. The van der Waals surface area contributed by atoms with Crippen molar-refractivity contribution >= 4 is 22.7 Å². The summed E-state index contributed by atoms with van der Waals surface area (Å²) in [5, 5.41) is 3.25. The monoisotopic (exact) mass is 302 g/mol. The topological polar surface area (TPSA) is 62.8 Å². The van der Waals surface area contributed by atoms with Crippen molar-refractivity contribution in [3.05, 3.63) is 73.1 Å². The zero-order chi connectivity index (χ0) is 15.5. The number of aromatic amines is 1. The molecule has 2 aromatic carbocycles. The molecule has 0 atom stereocenters. The highest BCUT2D eigenvalue weighted by atomic mass is 16.5. The summed E-state index contributed by atoms with van der Waals surface area (Å²) in [7, 11) is 0. The van der Waals surface area contributed by atoms with Gasteiger partial charge < -0.3 is 15.0 Å². The van der Waals surface area contributed by atoms with Gasteiger partial charge in [-0.25, -0.2) is 4.98 Å². The first-order chi connectivity index (χ1) is 11.4. The van der Waals surface area contributed by atoms with Crippen LogP contribution in [-0.4, -0.2) is 15.0 Å². The minimum atomic E-state index is 0.717. The molecule has 4 rings (SSSR count). The van der Waals surface area contributed by atoms with E-state index in [-0.39, 0.29) is 0 Å². The molecule has 0 aliphatic carbocycles. The Kier molecular flexibility index (Phi) is 3.37. The zero-order valence-electron chi connectivity index (χ0n) is 12.2. The normalized spacial score (nSPS) is 10.6. The summed E-state index contributed by atoms with van der Waals surface area (Å²) in [6.45, 7) is 0. The van der Waals surface area contributed by atoms with Crippen molar-refractivity contribution in [1.29, 1.82) is 0 Å². The van der Waals surface area contributed by atoms with Crippen molar-refractivity contribution in [3.8, 4) is 11.5 Å². The third-order valence-electron chi connectivity index (χ3n) is 3.39. The second-order valence-corrected chi connectivity index (χ2v) is 5.04. The largest absolute Gasteiger partial charge is 0.457 e. The average molecular weight is 302 g/mol. The maximum absolute atomic E-state index is 5.74. The fourth-order valence-corrected chi connectivity index (χ4v) is 2.30. The summed E-state index contributed by atoms with van der Waals surface area (Å²) in [5.74, 6) is 2.25. The molecule has 5 nitrogen and oxygen atoms in total. The van der Waals surface area contributed by atoms with Crippen molar-refractivity contribution in [2.45, 2.75) is 0 Å². The molecule has 112 valence electrons. The second kappa shape index (κ2) is 5.81. The van der Waals surface area contributed by atoms with Crippen molar-refractivity contribution in [2.24, 2.45) is 0 Å². The number of nitrogens with one attached hydrogen (secondary N) is 2. The SMILES string of the molecule is c1ccc2[nH]c(Nc3ccc(Oc4ccncc4)cc3)nc2c1. The van der Waals surface area contributed by atoms with Crippen LogP contribution in [0.1, 0.15) is 0 Å². The Morgan fingerprint density at radius 3 is 2.35 bits per heavy atom. The number of ether oxygens (including phenoxy) is 1. The van der Waals surface area contributed by atoms with E-state index >= 15 is 0 Å². The predicted molar refractivity (Wildman–Crippen MR) is 90.1 cm³/mol. The maximum atomic E-state index is 5.74. The van der Waals surface area contributed by atoms with E-state index in [9.17, 15) is 0 Å². The van der Waals surface area contributed by atoms with E-state index in [1.807, 2.05) is 60.7 Å².